The van der Waals surface area contributed by atoms with Crippen LogP contribution in [0.5, 0.6) is 0 Å². The van der Waals surface area contributed by atoms with Gasteiger partial charge < -0.3 is 10.6 Å². The average Bonchev–Trinajstić information content (AvgIpc) is 2.51. The fourth-order valence-corrected chi connectivity index (χ4v) is 2.02. The first-order valence-electron chi connectivity index (χ1n) is 7.04. The van der Waals surface area contributed by atoms with Crippen LogP contribution < -0.4 is 10.6 Å². The van der Waals surface area contributed by atoms with Crippen LogP contribution >= 0.6 is 24.0 Å². The van der Waals surface area contributed by atoms with E-state index in [1.807, 2.05) is 12.3 Å². The highest BCUT2D eigenvalue weighted by atomic mass is 127. The minimum atomic E-state index is 0. The summed E-state index contributed by atoms with van der Waals surface area (Å²) in [5.74, 6) is 0.826. The van der Waals surface area contributed by atoms with Crippen molar-refractivity contribution < 1.29 is 0 Å². The van der Waals surface area contributed by atoms with Gasteiger partial charge in [0.15, 0.2) is 5.96 Å². The molecule has 0 aliphatic carbocycles. The summed E-state index contributed by atoms with van der Waals surface area (Å²) >= 11 is 0. The number of aliphatic imine (C=N–C) groups is 1. The van der Waals surface area contributed by atoms with E-state index in [1.165, 1.54) is 5.56 Å². The van der Waals surface area contributed by atoms with Gasteiger partial charge >= 0.3 is 0 Å². The third-order valence-corrected chi connectivity index (χ3v) is 3.38. The fourth-order valence-electron chi connectivity index (χ4n) is 2.02. The van der Waals surface area contributed by atoms with E-state index in [4.69, 9.17) is 0 Å². The van der Waals surface area contributed by atoms with Crippen molar-refractivity contribution in [2.24, 2.45) is 4.99 Å². The van der Waals surface area contributed by atoms with Gasteiger partial charge in [-0.15, -0.1) is 24.0 Å². The number of nitrogens with zero attached hydrogens (tertiary/aromatic N) is 2. The molecule has 1 atom stereocenters. The Morgan fingerprint density at radius 3 is 2.76 bits per heavy atom. The van der Waals surface area contributed by atoms with Gasteiger partial charge in [0.25, 0.3) is 0 Å². The molecular weight excluding hydrogens is 375 g/mol. The summed E-state index contributed by atoms with van der Waals surface area (Å²) in [6.45, 7) is 5.01. The number of benzene rings is 1. The zero-order valence-corrected chi connectivity index (χ0v) is 15.1. The smallest absolute Gasteiger partial charge is 0.191 e. The number of hydrogen-bond donors (Lipinski definition) is 2. The molecule has 21 heavy (non-hydrogen) atoms. The van der Waals surface area contributed by atoms with Crippen LogP contribution in [0.15, 0.2) is 41.5 Å². The molecule has 0 spiro atoms. The highest BCUT2D eigenvalue weighted by molar-refractivity contribution is 14.0. The Kier molecular flexibility index (Phi) is 7.42. The van der Waals surface area contributed by atoms with Gasteiger partial charge in [0, 0.05) is 31.2 Å². The minimum absolute atomic E-state index is 0. The first-order valence-corrected chi connectivity index (χ1v) is 7.04. The van der Waals surface area contributed by atoms with Crippen LogP contribution in [0.2, 0.25) is 0 Å². The van der Waals surface area contributed by atoms with Crippen molar-refractivity contribution in [3.8, 4) is 0 Å². The number of nitrogens with one attached hydrogen (secondary N) is 2. The van der Waals surface area contributed by atoms with E-state index in [9.17, 15) is 0 Å². The third-order valence-electron chi connectivity index (χ3n) is 3.38. The molecular formula is C16H23IN4. The van der Waals surface area contributed by atoms with Gasteiger partial charge in [-0.05, 0) is 25.0 Å². The zero-order valence-electron chi connectivity index (χ0n) is 12.8. The van der Waals surface area contributed by atoms with Crippen LogP contribution in [0, 0.1) is 0 Å². The van der Waals surface area contributed by atoms with Crippen molar-refractivity contribution in [3.63, 3.8) is 0 Å². The number of pyridine rings is 1. The number of guanidine groups is 1. The maximum atomic E-state index is 4.46. The first kappa shape index (κ1) is 17.7. The summed E-state index contributed by atoms with van der Waals surface area (Å²) in [6, 6.07) is 10.7. The summed E-state index contributed by atoms with van der Waals surface area (Å²) in [7, 11) is 1.79. The van der Waals surface area contributed by atoms with Crippen LogP contribution in [0.1, 0.15) is 25.8 Å². The van der Waals surface area contributed by atoms with Gasteiger partial charge in [-0.2, -0.15) is 0 Å². The van der Waals surface area contributed by atoms with Crippen LogP contribution in [0.4, 0.5) is 0 Å². The molecule has 4 nitrogen and oxygen atoms in total. The molecule has 2 rings (SSSR count). The topological polar surface area (TPSA) is 49.3 Å². The Morgan fingerprint density at radius 1 is 1.29 bits per heavy atom. The molecule has 2 N–H and O–H groups in total. The van der Waals surface area contributed by atoms with Gasteiger partial charge in [0.1, 0.15) is 0 Å². The van der Waals surface area contributed by atoms with Crippen molar-refractivity contribution in [2.45, 2.75) is 32.9 Å². The highest BCUT2D eigenvalue weighted by Gasteiger charge is 2.05. The lowest BCUT2D eigenvalue weighted by Gasteiger charge is -2.16. The highest BCUT2D eigenvalue weighted by Crippen LogP contribution is 2.15. The lowest BCUT2D eigenvalue weighted by atomic mass is 10.1. The molecule has 0 saturated carbocycles. The van der Waals surface area contributed by atoms with Crippen LogP contribution in [0.25, 0.3) is 10.9 Å². The normalized spacial score (nSPS) is 12.6. The second kappa shape index (κ2) is 8.81. The molecule has 0 fully saturated rings. The maximum Gasteiger partial charge on any atom is 0.191 e. The number of aromatic nitrogens is 1. The lowest BCUT2D eigenvalue weighted by molar-refractivity contribution is 0.624. The number of fused-ring (bicyclic) bond motifs is 1. The molecule has 0 amide bonds. The second-order valence-electron chi connectivity index (χ2n) is 4.87. The molecule has 1 unspecified atom stereocenters. The first-order chi connectivity index (χ1) is 9.74. The quantitative estimate of drug-likeness (QED) is 0.472. The van der Waals surface area contributed by atoms with E-state index in [-0.39, 0.29) is 24.0 Å². The predicted molar refractivity (Wildman–Crippen MR) is 100 cm³/mol. The number of para-hydroxylation sites is 1. The Labute approximate surface area is 143 Å². The van der Waals surface area contributed by atoms with Crippen molar-refractivity contribution in [2.75, 3.05) is 7.05 Å². The minimum Gasteiger partial charge on any atom is -0.354 e. The summed E-state index contributed by atoms with van der Waals surface area (Å²) in [5.41, 5.74) is 2.22. The maximum absolute atomic E-state index is 4.46. The molecule has 0 aliphatic rings. The SMILES string of the molecule is CCC(C)NC(=NC)NCc1cccc2cccnc12.I. The van der Waals surface area contributed by atoms with E-state index in [1.54, 1.807) is 7.05 Å². The van der Waals surface area contributed by atoms with E-state index in [0.717, 1.165) is 23.3 Å². The number of rotatable bonds is 4. The van der Waals surface area contributed by atoms with E-state index >= 15 is 0 Å². The monoisotopic (exact) mass is 398 g/mol. The van der Waals surface area contributed by atoms with E-state index in [2.05, 4.69) is 58.7 Å². The van der Waals surface area contributed by atoms with Gasteiger partial charge in [-0.1, -0.05) is 31.2 Å². The van der Waals surface area contributed by atoms with Crippen LogP contribution in [-0.4, -0.2) is 24.0 Å². The summed E-state index contributed by atoms with van der Waals surface area (Å²) in [6.07, 6.45) is 2.90. The third kappa shape index (κ3) is 4.84. The van der Waals surface area contributed by atoms with E-state index < -0.39 is 0 Å². The van der Waals surface area contributed by atoms with Crippen molar-refractivity contribution in [1.29, 1.82) is 0 Å². The molecule has 1 aromatic carbocycles. The average molecular weight is 398 g/mol. The van der Waals surface area contributed by atoms with Crippen molar-refractivity contribution in [3.05, 3.63) is 42.1 Å². The van der Waals surface area contributed by atoms with Gasteiger partial charge in [-0.25, -0.2) is 0 Å². The molecule has 2 aromatic rings. The summed E-state index contributed by atoms with van der Waals surface area (Å²) < 4.78 is 0. The van der Waals surface area contributed by atoms with Crippen LogP contribution in [-0.2, 0) is 6.54 Å². The Hall–Kier alpha value is -1.37. The molecule has 0 bridgehead atoms. The predicted octanol–water partition coefficient (Wildman–Crippen LogP) is 3.32. The molecule has 5 heteroatoms. The van der Waals surface area contributed by atoms with Gasteiger partial charge in [-0.3, -0.25) is 9.98 Å². The standard InChI is InChI=1S/C16H22N4.HI/c1-4-12(2)20-16(17-3)19-11-14-8-5-7-13-9-6-10-18-15(13)14;/h5-10,12H,4,11H2,1-3H3,(H2,17,19,20);1H. The van der Waals surface area contributed by atoms with Gasteiger partial charge in [0.2, 0.25) is 0 Å². The Bertz CT molecular complexity index is 592. The summed E-state index contributed by atoms with van der Waals surface area (Å²) in [4.78, 5) is 8.71. The van der Waals surface area contributed by atoms with Crippen LogP contribution in [0.3, 0.4) is 0 Å². The van der Waals surface area contributed by atoms with E-state index in [0.29, 0.717) is 12.6 Å². The molecule has 1 aromatic heterocycles. The number of halogens is 1. The summed E-state index contributed by atoms with van der Waals surface area (Å²) in [5, 5.41) is 7.86. The second-order valence-corrected chi connectivity index (χ2v) is 4.87. The lowest BCUT2D eigenvalue weighted by Crippen LogP contribution is -2.41. The number of hydrogen-bond acceptors (Lipinski definition) is 2. The molecule has 0 radical (unpaired) electrons. The van der Waals surface area contributed by atoms with Gasteiger partial charge in [0.05, 0.1) is 5.52 Å². The zero-order chi connectivity index (χ0) is 14.4. The van der Waals surface area contributed by atoms with Crippen molar-refractivity contribution in [1.82, 2.24) is 15.6 Å². The van der Waals surface area contributed by atoms with Crippen molar-refractivity contribution >= 4 is 40.8 Å². The Morgan fingerprint density at radius 2 is 2.05 bits per heavy atom. The fraction of sp³-hybridized carbons (Fsp3) is 0.375. The molecule has 0 aliphatic heterocycles. The largest absolute Gasteiger partial charge is 0.354 e. The Balaban J connectivity index is 0.00000220. The molecule has 1 heterocycles. The molecule has 0 saturated heterocycles. The molecule has 114 valence electrons.